The number of β-amino-alcohol motifs (C(OH)–C–C–N with tert-alkyl or cyclic N) is 1. The van der Waals surface area contributed by atoms with Crippen LogP contribution in [0.1, 0.15) is 37.7 Å². The highest BCUT2D eigenvalue weighted by molar-refractivity contribution is 5.81. The zero-order valence-electron chi connectivity index (χ0n) is 16.9. The van der Waals surface area contributed by atoms with Gasteiger partial charge in [0.2, 0.25) is 0 Å². The van der Waals surface area contributed by atoms with Crippen molar-refractivity contribution in [2.45, 2.75) is 38.6 Å². The molecule has 2 aromatic rings. The molecule has 0 radical (unpaired) electrons. The van der Waals surface area contributed by atoms with Crippen LogP contribution in [0.15, 0.2) is 30.3 Å². The fourth-order valence-corrected chi connectivity index (χ4v) is 4.63. The minimum absolute atomic E-state index is 0.275. The van der Waals surface area contributed by atoms with Gasteiger partial charge >= 0.3 is 0 Å². The van der Waals surface area contributed by atoms with Crippen LogP contribution in [-0.4, -0.2) is 60.9 Å². The van der Waals surface area contributed by atoms with Crippen LogP contribution in [0.2, 0.25) is 0 Å². The lowest BCUT2D eigenvalue weighted by Crippen LogP contribution is -2.38. The summed E-state index contributed by atoms with van der Waals surface area (Å²) >= 11 is 0. The molecule has 5 nitrogen and oxygen atoms in total. The summed E-state index contributed by atoms with van der Waals surface area (Å²) in [4.78, 5) is 9.91. The first kappa shape index (κ1) is 19.6. The first-order chi connectivity index (χ1) is 13.8. The van der Waals surface area contributed by atoms with Gasteiger partial charge in [-0.3, -0.25) is 0 Å². The van der Waals surface area contributed by atoms with E-state index in [2.05, 4.69) is 45.4 Å². The third-order valence-corrected chi connectivity index (χ3v) is 6.31. The average molecular weight is 383 g/mol. The molecule has 28 heavy (non-hydrogen) atoms. The summed E-state index contributed by atoms with van der Waals surface area (Å²) < 4.78 is 0. The number of hydrogen-bond acceptors (Lipinski definition) is 5. The zero-order chi connectivity index (χ0) is 19.2. The van der Waals surface area contributed by atoms with E-state index in [0.717, 1.165) is 57.2 Å². The van der Waals surface area contributed by atoms with Gasteiger partial charge in [-0.1, -0.05) is 18.2 Å². The number of benzene rings is 1. The van der Waals surface area contributed by atoms with Crippen LogP contribution in [-0.2, 0) is 6.54 Å². The highest BCUT2D eigenvalue weighted by atomic mass is 16.3. The maximum Gasteiger partial charge on any atom is 0.133 e. The Bertz CT molecular complexity index is 751. The molecule has 0 spiro atoms. The van der Waals surface area contributed by atoms with Crippen molar-refractivity contribution in [1.29, 1.82) is 0 Å². The first-order valence-corrected chi connectivity index (χ1v) is 11.0. The smallest absolute Gasteiger partial charge is 0.133 e. The molecule has 2 fully saturated rings. The lowest BCUT2D eigenvalue weighted by molar-refractivity contribution is 0.146. The summed E-state index contributed by atoms with van der Waals surface area (Å²) in [6.45, 7) is 7.54. The predicted molar refractivity (Wildman–Crippen MR) is 116 cm³/mol. The Morgan fingerprint density at radius 3 is 2.61 bits per heavy atom. The number of para-hydroxylation sites is 1. The standard InChI is InChI=1S/C23H34N4O/c28-15-14-26-12-8-19(9-13-26)17-24-18-21-16-20-6-2-3-7-22(20)25-23(21)27-10-4-1-5-11-27/h2-3,6-7,16,19,24,28H,1,4-5,8-15,17-18H2. The van der Waals surface area contributed by atoms with Crippen molar-refractivity contribution in [2.75, 3.05) is 50.8 Å². The highest BCUT2D eigenvalue weighted by Crippen LogP contribution is 2.26. The van der Waals surface area contributed by atoms with E-state index in [1.807, 2.05) is 0 Å². The van der Waals surface area contributed by atoms with Gasteiger partial charge in [0.1, 0.15) is 5.82 Å². The molecule has 0 atom stereocenters. The summed E-state index contributed by atoms with van der Waals surface area (Å²) in [5.41, 5.74) is 2.43. The van der Waals surface area contributed by atoms with Gasteiger partial charge in [0.15, 0.2) is 0 Å². The molecule has 1 aromatic carbocycles. The summed E-state index contributed by atoms with van der Waals surface area (Å²) in [7, 11) is 0. The first-order valence-electron chi connectivity index (χ1n) is 11.0. The highest BCUT2D eigenvalue weighted by Gasteiger charge is 2.20. The van der Waals surface area contributed by atoms with E-state index < -0.39 is 0 Å². The van der Waals surface area contributed by atoms with Crippen LogP contribution in [0.5, 0.6) is 0 Å². The molecule has 2 N–H and O–H groups in total. The van der Waals surface area contributed by atoms with Crippen LogP contribution >= 0.6 is 0 Å². The van der Waals surface area contributed by atoms with Crippen LogP contribution in [0.25, 0.3) is 10.9 Å². The molecule has 0 unspecified atom stereocenters. The van der Waals surface area contributed by atoms with Crippen LogP contribution in [0, 0.1) is 5.92 Å². The van der Waals surface area contributed by atoms with Crippen molar-refractivity contribution in [3.63, 3.8) is 0 Å². The molecule has 0 bridgehead atoms. The lowest BCUT2D eigenvalue weighted by atomic mass is 9.96. The Morgan fingerprint density at radius 2 is 1.82 bits per heavy atom. The number of likely N-dealkylation sites (tertiary alicyclic amines) is 1. The second-order valence-electron chi connectivity index (χ2n) is 8.35. The van der Waals surface area contributed by atoms with Crippen molar-refractivity contribution in [3.8, 4) is 0 Å². The van der Waals surface area contributed by atoms with Crippen LogP contribution < -0.4 is 10.2 Å². The van der Waals surface area contributed by atoms with E-state index in [9.17, 15) is 0 Å². The van der Waals surface area contributed by atoms with E-state index in [-0.39, 0.29) is 6.61 Å². The molecule has 4 rings (SSSR count). The topological polar surface area (TPSA) is 51.6 Å². The molecular weight excluding hydrogens is 348 g/mol. The summed E-state index contributed by atoms with van der Waals surface area (Å²) in [5, 5.41) is 14.1. The van der Waals surface area contributed by atoms with Crippen molar-refractivity contribution >= 4 is 16.7 Å². The molecular formula is C23H34N4O. The van der Waals surface area contributed by atoms with Crippen molar-refractivity contribution in [1.82, 2.24) is 15.2 Å². The fourth-order valence-electron chi connectivity index (χ4n) is 4.63. The van der Waals surface area contributed by atoms with Gasteiger partial charge in [0.25, 0.3) is 0 Å². The number of aliphatic hydroxyl groups is 1. The van der Waals surface area contributed by atoms with E-state index in [1.165, 1.54) is 48.9 Å². The number of anilines is 1. The van der Waals surface area contributed by atoms with E-state index in [1.54, 1.807) is 0 Å². The Hall–Kier alpha value is -1.69. The van der Waals surface area contributed by atoms with Crippen molar-refractivity contribution in [3.05, 3.63) is 35.9 Å². The fraction of sp³-hybridized carbons (Fsp3) is 0.609. The number of hydrogen-bond donors (Lipinski definition) is 2. The number of nitrogens with zero attached hydrogens (tertiary/aromatic N) is 3. The normalized spacial score (nSPS) is 19.4. The maximum atomic E-state index is 9.10. The predicted octanol–water partition coefficient (Wildman–Crippen LogP) is 3.02. The minimum Gasteiger partial charge on any atom is -0.395 e. The number of rotatable bonds is 7. The van der Waals surface area contributed by atoms with Gasteiger partial charge in [-0.15, -0.1) is 0 Å². The van der Waals surface area contributed by atoms with Crippen molar-refractivity contribution in [2.24, 2.45) is 5.92 Å². The van der Waals surface area contributed by atoms with Gasteiger partial charge < -0.3 is 20.2 Å². The number of fused-ring (bicyclic) bond motifs is 1. The zero-order valence-corrected chi connectivity index (χ0v) is 16.9. The number of pyridine rings is 1. The second kappa shape index (κ2) is 9.68. The number of aliphatic hydroxyl groups excluding tert-OH is 1. The minimum atomic E-state index is 0.275. The molecule has 2 aliphatic rings. The van der Waals surface area contributed by atoms with E-state index >= 15 is 0 Å². The van der Waals surface area contributed by atoms with Gasteiger partial charge in [-0.25, -0.2) is 4.98 Å². The maximum absolute atomic E-state index is 9.10. The van der Waals surface area contributed by atoms with Gasteiger partial charge in [-0.2, -0.15) is 0 Å². The summed E-state index contributed by atoms with van der Waals surface area (Å²) in [5.74, 6) is 1.92. The molecule has 2 saturated heterocycles. The Balaban J connectivity index is 1.41. The van der Waals surface area contributed by atoms with E-state index in [0.29, 0.717) is 0 Å². The Labute approximate surface area is 168 Å². The number of nitrogens with one attached hydrogen (secondary N) is 1. The SMILES string of the molecule is OCCN1CCC(CNCc2cc3ccccc3nc2N2CCCCC2)CC1. The average Bonchev–Trinajstić information content (AvgIpc) is 2.75. The molecule has 0 saturated carbocycles. The molecule has 152 valence electrons. The number of aromatic nitrogens is 1. The van der Waals surface area contributed by atoms with Crippen LogP contribution in [0.3, 0.4) is 0 Å². The largest absolute Gasteiger partial charge is 0.395 e. The lowest BCUT2D eigenvalue weighted by Gasteiger charge is -2.32. The van der Waals surface area contributed by atoms with Crippen molar-refractivity contribution < 1.29 is 5.11 Å². The molecule has 5 heteroatoms. The third-order valence-electron chi connectivity index (χ3n) is 6.31. The second-order valence-corrected chi connectivity index (χ2v) is 8.35. The molecule has 0 aliphatic carbocycles. The molecule has 1 aromatic heterocycles. The van der Waals surface area contributed by atoms with E-state index in [4.69, 9.17) is 10.1 Å². The molecule has 2 aliphatic heterocycles. The summed E-state index contributed by atoms with van der Waals surface area (Å²) in [6.07, 6.45) is 6.33. The van der Waals surface area contributed by atoms with Gasteiger partial charge in [0, 0.05) is 37.1 Å². The van der Waals surface area contributed by atoms with Gasteiger partial charge in [-0.05, 0) is 69.8 Å². The van der Waals surface area contributed by atoms with Gasteiger partial charge in [0.05, 0.1) is 12.1 Å². The number of piperidine rings is 2. The Morgan fingerprint density at radius 1 is 1.04 bits per heavy atom. The van der Waals surface area contributed by atoms with Crippen LogP contribution in [0.4, 0.5) is 5.82 Å². The monoisotopic (exact) mass is 382 g/mol. The molecule has 3 heterocycles. The Kier molecular flexibility index (Phi) is 6.78. The molecule has 0 amide bonds. The quantitative estimate of drug-likeness (QED) is 0.771. The third kappa shape index (κ3) is 4.83. The summed E-state index contributed by atoms with van der Waals surface area (Å²) in [6, 6.07) is 10.8.